The summed E-state index contributed by atoms with van der Waals surface area (Å²) in [4.78, 5) is 58.3. The number of aliphatic imine (C=N–C) groups is 1. The number of primary amides is 1. The first kappa shape index (κ1) is 33.1. The van der Waals surface area contributed by atoms with Crippen molar-refractivity contribution in [2.24, 2.45) is 27.9 Å². The Labute approximate surface area is 252 Å². The first-order chi connectivity index (χ1) is 20.6. The zero-order valence-corrected chi connectivity index (χ0v) is 24.7. The lowest BCUT2D eigenvalue weighted by Gasteiger charge is -2.38. The van der Waals surface area contributed by atoms with Gasteiger partial charge in [0.05, 0.1) is 6.04 Å². The fraction of sp³-hybridized carbons (Fsp3) is 0.452. The van der Waals surface area contributed by atoms with Crippen LogP contribution in [-0.2, 0) is 38.6 Å². The number of hydrogen-bond donors (Lipinski definition) is 6. The molecule has 4 atom stereocenters. The highest BCUT2D eigenvalue weighted by molar-refractivity contribution is 5.95. The van der Waals surface area contributed by atoms with E-state index in [1.807, 2.05) is 61.5 Å². The van der Waals surface area contributed by atoms with E-state index in [4.69, 9.17) is 22.9 Å². The molecule has 3 rings (SSSR count). The SMILES string of the molecule is CCCC[C@@H](NC(=O)[C@H]1Cc2ccccc2CN1C(=O)[C@H](N)Cc1ccccc1)C(=O)N[C@H](CCCN=C(N)N)C(N)=O. The van der Waals surface area contributed by atoms with Crippen molar-refractivity contribution in [3.63, 3.8) is 0 Å². The Morgan fingerprint density at radius 2 is 1.56 bits per heavy atom. The zero-order chi connectivity index (χ0) is 31.4. The predicted molar refractivity (Wildman–Crippen MR) is 165 cm³/mol. The van der Waals surface area contributed by atoms with Crippen molar-refractivity contribution in [1.29, 1.82) is 0 Å². The van der Waals surface area contributed by atoms with E-state index in [1.165, 1.54) is 4.90 Å². The molecule has 0 spiro atoms. The van der Waals surface area contributed by atoms with Gasteiger partial charge in [-0.3, -0.25) is 24.2 Å². The van der Waals surface area contributed by atoms with Gasteiger partial charge >= 0.3 is 0 Å². The molecule has 0 saturated carbocycles. The van der Waals surface area contributed by atoms with Crippen LogP contribution in [-0.4, -0.2) is 65.2 Å². The van der Waals surface area contributed by atoms with Gasteiger partial charge in [0.25, 0.3) is 0 Å². The summed E-state index contributed by atoms with van der Waals surface area (Å²) in [5, 5.41) is 5.54. The summed E-state index contributed by atoms with van der Waals surface area (Å²) in [5.41, 5.74) is 25.4. The minimum atomic E-state index is -0.960. The number of rotatable bonds is 15. The molecule has 0 unspecified atom stereocenters. The van der Waals surface area contributed by atoms with Crippen LogP contribution in [0.2, 0.25) is 0 Å². The molecule has 0 radical (unpaired) electrons. The first-order valence-electron chi connectivity index (χ1n) is 14.7. The molecule has 232 valence electrons. The smallest absolute Gasteiger partial charge is 0.243 e. The Morgan fingerprint density at radius 3 is 2.21 bits per heavy atom. The molecule has 43 heavy (non-hydrogen) atoms. The standard InChI is InChI=1S/C31H44N8O4/c1-2-3-14-25(28(41)37-24(27(33)40)15-9-16-36-31(34)35)38-29(42)26-18-21-12-7-8-13-22(21)19-39(26)30(43)23(32)17-20-10-5-4-6-11-20/h4-8,10-13,23-26H,2-3,9,14-19,32H2,1H3,(H2,33,40)(H,37,41)(H,38,42)(H4,34,35,36)/t23-,24-,25-,26-/m1/s1. The van der Waals surface area contributed by atoms with Gasteiger partial charge in [-0.05, 0) is 42.4 Å². The van der Waals surface area contributed by atoms with Crippen molar-refractivity contribution < 1.29 is 19.2 Å². The molecule has 1 aliphatic heterocycles. The number of amides is 4. The summed E-state index contributed by atoms with van der Waals surface area (Å²) in [7, 11) is 0. The van der Waals surface area contributed by atoms with Gasteiger partial charge in [0, 0.05) is 19.5 Å². The molecule has 1 heterocycles. The van der Waals surface area contributed by atoms with E-state index in [1.54, 1.807) is 0 Å². The number of nitrogens with zero attached hydrogens (tertiary/aromatic N) is 2. The molecular formula is C31H44N8O4. The molecule has 0 fully saturated rings. The summed E-state index contributed by atoms with van der Waals surface area (Å²) in [5.74, 6) is -2.10. The van der Waals surface area contributed by atoms with E-state index < -0.39 is 41.9 Å². The molecule has 1 aliphatic rings. The molecule has 4 amide bonds. The first-order valence-corrected chi connectivity index (χ1v) is 14.7. The third-order valence-electron chi connectivity index (χ3n) is 7.53. The third-order valence-corrected chi connectivity index (χ3v) is 7.53. The van der Waals surface area contributed by atoms with Crippen LogP contribution >= 0.6 is 0 Å². The normalized spacial score (nSPS) is 16.2. The van der Waals surface area contributed by atoms with Crippen LogP contribution in [0.1, 0.15) is 55.7 Å². The number of guanidine groups is 1. The average Bonchev–Trinajstić information content (AvgIpc) is 2.99. The summed E-state index contributed by atoms with van der Waals surface area (Å²) < 4.78 is 0. The lowest BCUT2D eigenvalue weighted by atomic mass is 9.92. The Kier molecular flexibility index (Phi) is 12.5. The number of hydrogen-bond acceptors (Lipinski definition) is 6. The number of carbonyl (C=O) groups excluding carboxylic acids is 4. The van der Waals surface area contributed by atoms with Crippen LogP contribution in [0.15, 0.2) is 59.6 Å². The summed E-state index contributed by atoms with van der Waals surface area (Å²) in [6.45, 7) is 2.47. The fourth-order valence-corrected chi connectivity index (χ4v) is 5.16. The number of fused-ring (bicyclic) bond motifs is 1. The minimum absolute atomic E-state index is 0.0686. The maximum absolute atomic E-state index is 13.8. The van der Waals surface area contributed by atoms with Crippen LogP contribution in [0.5, 0.6) is 0 Å². The number of unbranched alkanes of at least 4 members (excludes halogenated alkanes) is 1. The van der Waals surface area contributed by atoms with E-state index in [-0.39, 0.29) is 37.8 Å². The van der Waals surface area contributed by atoms with Crippen molar-refractivity contribution in [2.45, 2.75) is 82.6 Å². The van der Waals surface area contributed by atoms with Gasteiger partial charge in [0.2, 0.25) is 23.6 Å². The van der Waals surface area contributed by atoms with Crippen molar-refractivity contribution >= 4 is 29.6 Å². The maximum Gasteiger partial charge on any atom is 0.243 e. The van der Waals surface area contributed by atoms with E-state index >= 15 is 0 Å². The van der Waals surface area contributed by atoms with Gasteiger partial charge in [-0.2, -0.15) is 0 Å². The fourth-order valence-electron chi connectivity index (χ4n) is 5.16. The predicted octanol–water partition coefficient (Wildman–Crippen LogP) is 0.209. The molecule has 0 aliphatic carbocycles. The summed E-state index contributed by atoms with van der Waals surface area (Å²) in [6.07, 6.45) is 3.04. The van der Waals surface area contributed by atoms with Gasteiger partial charge in [-0.1, -0.05) is 74.4 Å². The van der Waals surface area contributed by atoms with Gasteiger partial charge in [-0.25, -0.2) is 0 Å². The quantitative estimate of drug-likeness (QED) is 0.0960. The van der Waals surface area contributed by atoms with Crippen LogP contribution < -0.4 is 33.6 Å². The van der Waals surface area contributed by atoms with Crippen LogP contribution in [0.25, 0.3) is 0 Å². The minimum Gasteiger partial charge on any atom is -0.370 e. The third kappa shape index (κ3) is 9.81. The Balaban J connectivity index is 1.77. The molecule has 0 aromatic heterocycles. The summed E-state index contributed by atoms with van der Waals surface area (Å²) >= 11 is 0. The van der Waals surface area contributed by atoms with E-state index in [2.05, 4.69) is 15.6 Å². The average molecular weight is 593 g/mol. The van der Waals surface area contributed by atoms with Gasteiger partial charge in [-0.15, -0.1) is 0 Å². The van der Waals surface area contributed by atoms with Crippen LogP contribution in [0.3, 0.4) is 0 Å². The lowest BCUT2D eigenvalue weighted by Crippen LogP contribution is -2.60. The van der Waals surface area contributed by atoms with Crippen molar-refractivity contribution in [3.05, 3.63) is 71.3 Å². The van der Waals surface area contributed by atoms with Crippen LogP contribution in [0, 0.1) is 0 Å². The van der Waals surface area contributed by atoms with E-state index in [0.29, 0.717) is 25.7 Å². The van der Waals surface area contributed by atoms with Crippen molar-refractivity contribution in [1.82, 2.24) is 15.5 Å². The van der Waals surface area contributed by atoms with E-state index in [0.717, 1.165) is 23.1 Å². The van der Waals surface area contributed by atoms with Crippen LogP contribution in [0.4, 0.5) is 0 Å². The summed E-state index contributed by atoms with van der Waals surface area (Å²) in [6, 6.07) is 13.5. The largest absolute Gasteiger partial charge is 0.370 e. The molecule has 10 N–H and O–H groups in total. The molecule has 12 nitrogen and oxygen atoms in total. The van der Waals surface area contributed by atoms with Gasteiger partial charge in [0.15, 0.2) is 5.96 Å². The highest BCUT2D eigenvalue weighted by Crippen LogP contribution is 2.25. The Hall–Kier alpha value is -4.45. The monoisotopic (exact) mass is 592 g/mol. The second-order valence-corrected chi connectivity index (χ2v) is 10.9. The highest BCUT2D eigenvalue weighted by atomic mass is 16.2. The molecule has 0 bridgehead atoms. The second-order valence-electron chi connectivity index (χ2n) is 10.9. The van der Waals surface area contributed by atoms with Gasteiger partial charge < -0.3 is 38.5 Å². The van der Waals surface area contributed by atoms with E-state index in [9.17, 15) is 19.2 Å². The molecule has 12 heteroatoms. The zero-order valence-electron chi connectivity index (χ0n) is 24.7. The highest BCUT2D eigenvalue weighted by Gasteiger charge is 2.38. The topological polar surface area (TPSA) is 212 Å². The molecule has 2 aromatic carbocycles. The molecule has 0 saturated heterocycles. The van der Waals surface area contributed by atoms with Crippen molar-refractivity contribution in [3.8, 4) is 0 Å². The molecule has 2 aromatic rings. The Morgan fingerprint density at radius 1 is 0.907 bits per heavy atom. The molecular weight excluding hydrogens is 548 g/mol. The number of carbonyl (C=O) groups is 4. The number of nitrogens with two attached hydrogens (primary N) is 4. The lowest BCUT2D eigenvalue weighted by molar-refractivity contribution is -0.143. The number of nitrogens with one attached hydrogen (secondary N) is 2. The second kappa shape index (κ2) is 16.3. The Bertz CT molecular complexity index is 1280. The maximum atomic E-state index is 13.8. The van der Waals surface area contributed by atoms with Crippen molar-refractivity contribution in [2.75, 3.05) is 6.54 Å². The van der Waals surface area contributed by atoms with Gasteiger partial charge in [0.1, 0.15) is 18.1 Å². The number of benzene rings is 2.